The van der Waals surface area contributed by atoms with Crippen LogP contribution in [-0.4, -0.2) is 10.8 Å². The van der Waals surface area contributed by atoms with Crippen molar-refractivity contribution < 1.29 is 4.79 Å². The van der Waals surface area contributed by atoms with Gasteiger partial charge in [0.05, 0.1) is 6.42 Å². The molecule has 1 fully saturated rings. The Bertz CT molecular complexity index is 414. The minimum Gasteiger partial charge on any atom is -0.294 e. The Balaban J connectivity index is 1.94. The van der Waals surface area contributed by atoms with Crippen molar-refractivity contribution >= 4 is 21.7 Å². The summed E-state index contributed by atoms with van der Waals surface area (Å²) in [6.45, 7) is 0. The van der Waals surface area contributed by atoms with E-state index in [2.05, 4.69) is 20.9 Å². The van der Waals surface area contributed by atoms with Crippen LogP contribution in [0.1, 0.15) is 37.8 Å². The largest absolute Gasteiger partial charge is 0.294 e. The van der Waals surface area contributed by atoms with E-state index in [9.17, 15) is 4.79 Å². The van der Waals surface area contributed by atoms with E-state index >= 15 is 0 Å². The molecule has 0 saturated heterocycles. The fourth-order valence-electron chi connectivity index (χ4n) is 2.12. The molecule has 2 rings (SSSR count). The van der Waals surface area contributed by atoms with Gasteiger partial charge in [-0.15, -0.1) is 0 Å². The molecule has 2 nitrogen and oxygen atoms in total. The van der Waals surface area contributed by atoms with Crippen molar-refractivity contribution in [1.29, 1.82) is 0 Å². The van der Waals surface area contributed by atoms with Gasteiger partial charge in [0.25, 0.3) is 0 Å². The fourth-order valence-corrected chi connectivity index (χ4v) is 2.35. The Labute approximate surface area is 110 Å². The van der Waals surface area contributed by atoms with Crippen molar-refractivity contribution in [1.82, 2.24) is 4.98 Å². The number of ketones is 1. The number of carbonyl (C=O) groups is 1. The van der Waals surface area contributed by atoms with Crippen LogP contribution in [0.5, 0.6) is 0 Å². The van der Waals surface area contributed by atoms with Crippen LogP contribution in [0.3, 0.4) is 0 Å². The lowest BCUT2D eigenvalue weighted by atomic mass is 9.93. The Morgan fingerprint density at radius 3 is 2.71 bits per heavy atom. The second kappa shape index (κ2) is 6.10. The molecule has 0 atom stereocenters. The van der Waals surface area contributed by atoms with Crippen LogP contribution in [-0.2, 0) is 11.2 Å². The van der Waals surface area contributed by atoms with Gasteiger partial charge in [0.1, 0.15) is 0 Å². The lowest BCUT2D eigenvalue weighted by Gasteiger charge is -2.12. The molecule has 17 heavy (non-hydrogen) atoms. The highest BCUT2D eigenvalue weighted by Gasteiger charge is 2.08. The van der Waals surface area contributed by atoms with Crippen LogP contribution in [0, 0.1) is 0 Å². The number of hydrogen-bond donors (Lipinski definition) is 0. The molecular weight excluding hydrogens is 278 g/mol. The van der Waals surface area contributed by atoms with Crippen molar-refractivity contribution in [3.8, 4) is 0 Å². The quantitative estimate of drug-likeness (QED) is 0.793. The van der Waals surface area contributed by atoms with Crippen molar-refractivity contribution in [2.75, 3.05) is 0 Å². The Morgan fingerprint density at radius 2 is 2.06 bits per heavy atom. The maximum atomic E-state index is 11.8. The highest BCUT2D eigenvalue weighted by molar-refractivity contribution is 9.10. The molecule has 3 heteroatoms. The van der Waals surface area contributed by atoms with Crippen LogP contribution in [0.2, 0.25) is 0 Å². The Hall–Kier alpha value is -0.960. The normalized spacial score (nSPS) is 15.7. The van der Waals surface area contributed by atoms with Crippen molar-refractivity contribution in [2.24, 2.45) is 0 Å². The van der Waals surface area contributed by atoms with E-state index in [1.165, 1.54) is 24.8 Å². The van der Waals surface area contributed by atoms with Crippen molar-refractivity contribution in [3.63, 3.8) is 0 Å². The number of allylic oxidation sites excluding steroid dienone is 2. The van der Waals surface area contributed by atoms with Gasteiger partial charge in [-0.25, -0.2) is 0 Å². The Morgan fingerprint density at radius 1 is 1.29 bits per heavy atom. The van der Waals surface area contributed by atoms with E-state index in [1.807, 2.05) is 18.2 Å². The molecule has 1 aliphatic rings. The molecule has 1 aromatic heterocycles. The summed E-state index contributed by atoms with van der Waals surface area (Å²) in [7, 11) is 0. The predicted octanol–water partition coefficient (Wildman–Crippen LogP) is 3.85. The molecule has 0 bridgehead atoms. The van der Waals surface area contributed by atoms with Gasteiger partial charge in [-0.2, -0.15) is 0 Å². The zero-order chi connectivity index (χ0) is 12.1. The van der Waals surface area contributed by atoms with Gasteiger partial charge < -0.3 is 0 Å². The minimum absolute atomic E-state index is 0.178. The lowest BCUT2D eigenvalue weighted by Crippen LogP contribution is -2.04. The summed E-state index contributed by atoms with van der Waals surface area (Å²) in [5.74, 6) is 0.178. The van der Waals surface area contributed by atoms with E-state index in [4.69, 9.17) is 0 Å². The second-order valence-electron chi connectivity index (χ2n) is 4.47. The van der Waals surface area contributed by atoms with E-state index in [0.717, 1.165) is 23.0 Å². The summed E-state index contributed by atoms with van der Waals surface area (Å²) in [4.78, 5) is 16.1. The van der Waals surface area contributed by atoms with Gasteiger partial charge in [-0.1, -0.05) is 12.0 Å². The number of hydrogen-bond acceptors (Lipinski definition) is 2. The summed E-state index contributed by atoms with van der Waals surface area (Å²) >= 11 is 3.33. The summed E-state index contributed by atoms with van der Waals surface area (Å²) < 4.78 is 0.944. The first-order valence-corrected chi connectivity index (χ1v) is 6.86. The minimum atomic E-state index is 0.178. The van der Waals surface area contributed by atoms with Gasteiger partial charge in [-0.3, -0.25) is 9.78 Å². The monoisotopic (exact) mass is 293 g/mol. The van der Waals surface area contributed by atoms with Gasteiger partial charge in [0.15, 0.2) is 5.78 Å². The van der Waals surface area contributed by atoms with Crippen LogP contribution < -0.4 is 0 Å². The maximum absolute atomic E-state index is 11.8. The molecule has 0 radical (unpaired) electrons. The third-order valence-electron chi connectivity index (χ3n) is 3.00. The molecule has 0 aromatic carbocycles. The topological polar surface area (TPSA) is 30.0 Å². The highest BCUT2D eigenvalue weighted by atomic mass is 79.9. The molecule has 0 spiro atoms. The molecule has 0 N–H and O–H groups in total. The number of nitrogens with zero attached hydrogens (tertiary/aromatic N) is 1. The molecule has 90 valence electrons. The van der Waals surface area contributed by atoms with Crippen LogP contribution in [0.4, 0.5) is 0 Å². The zero-order valence-electron chi connectivity index (χ0n) is 9.79. The first-order valence-electron chi connectivity index (χ1n) is 6.07. The van der Waals surface area contributed by atoms with Crippen molar-refractivity contribution in [2.45, 2.75) is 38.5 Å². The van der Waals surface area contributed by atoms with E-state index in [0.29, 0.717) is 6.42 Å². The first kappa shape index (κ1) is 12.5. The van der Waals surface area contributed by atoms with Gasteiger partial charge >= 0.3 is 0 Å². The van der Waals surface area contributed by atoms with E-state index in [-0.39, 0.29) is 5.78 Å². The molecule has 1 aromatic rings. The zero-order valence-corrected chi connectivity index (χ0v) is 11.4. The second-order valence-corrected chi connectivity index (χ2v) is 5.39. The number of rotatable bonds is 3. The van der Waals surface area contributed by atoms with Gasteiger partial charge in [0, 0.05) is 16.4 Å². The maximum Gasteiger partial charge on any atom is 0.161 e. The summed E-state index contributed by atoms with van der Waals surface area (Å²) in [6.07, 6.45) is 9.94. The van der Waals surface area contributed by atoms with Gasteiger partial charge in [-0.05, 0) is 59.8 Å². The molecular formula is C14H16BrNO. The molecule has 1 aliphatic carbocycles. The standard InChI is InChI=1S/C14H16BrNO/c15-12-6-7-13(16-10-12)9-14(17)8-11-4-2-1-3-5-11/h6-8,10H,1-5,9H2. The summed E-state index contributed by atoms with van der Waals surface area (Å²) in [5.41, 5.74) is 2.16. The van der Waals surface area contributed by atoms with E-state index < -0.39 is 0 Å². The van der Waals surface area contributed by atoms with Crippen molar-refractivity contribution in [3.05, 3.63) is 40.1 Å². The molecule has 0 aliphatic heterocycles. The number of carbonyl (C=O) groups excluding carboxylic acids is 1. The Kier molecular flexibility index (Phi) is 4.49. The van der Waals surface area contributed by atoms with Crippen LogP contribution >= 0.6 is 15.9 Å². The van der Waals surface area contributed by atoms with Crippen LogP contribution in [0.15, 0.2) is 34.5 Å². The van der Waals surface area contributed by atoms with Gasteiger partial charge in [0.2, 0.25) is 0 Å². The first-order chi connectivity index (χ1) is 8.24. The number of halogens is 1. The average Bonchev–Trinajstić information content (AvgIpc) is 2.33. The number of pyridine rings is 1. The predicted molar refractivity (Wildman–Crippen MR) is 71.8 cm³/mol. The molecule has 0 amide bonds. The molecule has 0 unspecified atom stereocenters. The smallest absolute Gasteiger partial charge is 0.161 e. The fraction of sp³-hybridized carbons (Fsp3) is 0.429. The SMILES string of the molecule is O=C(C=C1CCCCC1)Cc1ccc(Br)cn1. The van der Waals surface area contributed by atoms with E-state index in [1.54, 1.807) is 6.20 Å². The lowest BCUT2D eigenvalue weighted by molar-refractivity contribution is -0.114. The average molecular weight is 294 g/mol. The number of aromatic nitrogens is 1. The summed E-state index contributed by atoms with van der Waals surface area (Å²) in [5, 5.41) is 0. The summed E-state index contributed by atoms with van der Waals surface area (Å²) in [6, 6.07) is 3.81. The third-order valence-corrected chi connectivity index (χ3v) is 3.47. The molecule has 1 saturated carbocycles. The highest BCUT2D eigenvalue weighted by Crippen LogP contribution is 2.22. The van der Waals surface area contributed by atoms with Crippen LogP contribution in [0.25, 0.3) is 0 Å². The third kappa shape index (κ3) is 4.08. The molecule has 1 heterocycles.